The number of amidine groups is 1. The smallest absolute Gasteiger partial charge is 0.215 e. The van der Waals surface area contributed by atoms with E-state index in [1.165, 1.54) is 0 Å². The number of rotatable bonds is 12. The Morgan fingerprint density at radius 2 is 1.80 bits per heavy atom. The van der Waals surface area contributed by atoms with Gasteiger partial charge in [0.2, 0.25) is 12.2 Å². The molecule has 5 rings (SSSR count). The maximum atomic E-state index is 12.6. The lowest BCUT2D eigenvalue weighted by Crippen LogP contribution is -2.33. The van der Waals surface area contributed by atoms with E-state index < -0.39 is 0 Å². The first-order valence-corrected chi connectivity index (χ1v) is 15.9. The zero-order chi connectivity index (χ0) is 31.1. The van der Waals surface area contributed by atoms with Crippen LogP contribution in [-0.2, 0) is 11.3 Å². The van der Waals surface area contributed by atoms with E-state index in [1.807, 2.05) is 86.6 Å². The highest BCUT2D eigenvalue weighted by molar-refractivity contribution is 8.00. The summed E-state index contributed by atoms with van der Waals surface area (Å²) in [6.45, 7) is 8.82. The molecule has 230 valence electrons. The number of hydrogen-bond acceptors (Lipinski definition) is 8. The number of ether oxygens (including phenoxy) is 1. The third-order valence-electron chi connectivity index (χ3n) is 8.02. The van der Waals surface area contributed by atoms with Crippen molar-refractivity contribution in [2.75, 3.05) is 11.1 Å². The molecule has 1 heterocycles. The van der Waals surface area contributed by atoms with Gasteiger partial charge >= 0.3 is 0 Å². The standard InChI is InChI=1S/C35H40N4O4S/c1-5-21-42-31-22-27(23-38(24-40)34(28-13-7-6-8-14-28)36-35(4)19-11-12-20-35)17-18-29(31)30-15-9-10-16-32(30)44-39(41)33-25(2)26(3)43-37-33/h6-10,13-18,22,24,41H,5,11-12,19-21,23H2,1-4H3. The first kappa shape index (κ1) is 31.3. The van der Waals surface area contributed by atoms with E-state index in [9.17, 15) is 10.0 Å². The van der Waals surface area contributed by atoms with Gasteiger partial charge in [-0.1, -0.05) is 85.6 Å². The van der Waals surface area contributed by atoms with Crippen LogP contribution >= 0.6 is 11.9 Å². The quantitative estimate of drug-likeness (QED) is 0.0565. The molecule has 1 N–H and O–H groups in total. The average molecular weight is 613 g/mol. The second-order valence-electron chi connectivity index (χ2n) is 11.5. The second-order valence-corrected chi connectivity index (χ2v) is 12.4. The van der Waals surface area contributed by atoms with E-state index in [0.29, 0.717) is 36.3 Å². The molecule has 0 bridgehead atoms. The zero-order valence-corrected chi connectivity index (χ0v) is 26.6. The first-order valence-electron chi connectivity index (χ1n) is 15.1. The van der Waals surface area contributed by atoms with E-state index in [2.05, 4.69) is 19.0 Å². The fraction of sp³-hybridized carbons (Fsp3) is 0.343. The van der Waals surface area contributed by atoms with Gasteiger partial charge in [-0.05, 0) is 57.7 Å². The van der Waals surface area contributed by atoms with Crippen LogP contribution in [-0.4, -0.2) is 39.7 Å². The summed E-state index contributed by atoms with van der Waals surface area (Å²) >= 11 is 1.15. The molecule has 1 aromatic heterocycles. The van der Waals surface area contributed by atoms with Gasteiger partial charge in [-0.2, -0.15) is 4.47 Å². The molecule has 1 aliphatic rings. The molecule has 4 aromatic rings. The summed E-state index contributed by atoms with van der Waals surface area (Å²) in [6.07, 6.45) is 6.04. The van der Waals surface area contributed by atoms with Crippen LogP contribution < -0.4 is 9.21 Å². The van der Waals surface area contributed by atoms with Gasteiger partial charge in [0.25, 0.3) is 0 Å². The van der Waals surface area contributed by atoms with Crippen LogP contribution in [0.15, 0.2) is 87.2 Å². The molecule has 44 heavy (non-hydrogen) atoms. The number of benzene rings is 3. The van der Waals surface area contributed by atoms with Crippen LogP contribution in [0, 0.1) is 13.8 Å². The van der Waals surface area contributed by atoms with Crippen LogP contribution in [0.5, 0.6) is 5.75 Å². The minimum atomic E-state index is -0.184. The topological polar surface area (TPSA) is 91.4 Å². The Morgan fingerprint density at radius 3 is 2.48 bits per heavy atom. The predicted octanol–water partition coefficient (Wildman–Crippen LogP) is 8.39. The van der Waals surface area contributed by atoms with Crippen molar-refractivity contribution in [1.82, 2.24) is 10.1 Å². The highest BCUT2D eigenvalue weighted by atomic mass is 32.2. The minimum Gasteiger partial charge on any atom is -0.493 e. The van der Waals surface area contributed by atoms with Crippen molar-refractivity contribution in [2.45, 2.75) is 76.8 Å². The molecule has 0 aliphatic heterocycles. The van der Waals surface area contributed by atoms with Crippen molar-refractivity contribution >= 4 is 30.0 Å². The Morgan fingerprint density at radius 1 is 1.07 bits per heavy atom. The van der Waals surface area contributed by atoms with Crippen molar-refractivity contribution in [1.29, 1.82) is 0 Å². The average Bonchev–Trinajstić information content (AvgIpc) is 3.63. The molecule has 1 aliphatic carbocycles. The Kier molecular flexibility index (Phi) is 10.1. The van der Waals surface area contributed by atoms with Gasteiger partial charge in [-0.3, -0.25) is 19.9 Å². The number of carbonyl (C=O) groups is 1. The van der Waals surface area contributed by atoms with Crippen molar-refractivity contribution in [3.63, 3.8) is 0 Å². The van der Waals surface area contributed by atoms with E-state index >= 15 is 0 Å². The van der Waals surface area contributed by atoms with Gasteiger partial charge < -0.3 is 9.26 Å². The lowest BCUT2D eigenvalue weighted by Gasteiger charge is -2.26. The fourth-order valence-electron chi connectivity index (χ4n) is 5.45. The molecule has 3 aromatic carbocycles. The number of anilines is 1. The third kappa shape index (κ3) is 7.17. The monoisotopic (exact) mass is 612 g/mol. The molecule has 0 unspecified atom stereocenters. The van der Waals surface area contributed by atoms with Gasteiger partial charge in [-0.15, -0.1) is 0 Å². The lowest BCUT2D eigenvalue weighted by molar-refractivity contribution is -0.115. The SMILES string of the molecule is CCCOc1cc(CN(C=O)C(=NC2(C)CCCC2)c2ccccc2)ccc1-c1ccccc1SN(O)c1noc(C)c1C. The predicted molar refractivity (Wildman–Crippen MR) is 175 cm³/mol. The highest BCUT2D eigenvalue weighted by Gasteiger charge is 2.30. The van der Waals surface area contributed by atoms with Gasteiger partial charge in [-0.25, -0.2) is 0 Å². The molecule has 0 saturated heterocycles. The molecule has 1 amide bonds. The number of carbonyl (C=O) groups excluding carboxylic acids is 1. The van der Waals surface area contributed by atoms with Crippen molar-refractivity contribution < 1.29 is 19.3 Å². The number of aliphatic imine (C=N–C) groups is 1. The van der Waals surface area contributed by atoms with E-state index in [-0.39, 0.29) is 5.54 Å². The lowest BCUT2D eigenvalue weighted by atomic mass is 10.0. The van der Waals surface area contributed by atoms with Crippen LogP contribution in [0.1, 0.15) is 68.4 Å². The highest BCUT2D eigenvalue weighted by Crippen LogP contribution is 2.40. The summed E-state index contributed by atoms with van der Waals surface area (Å²) in [4.78, 5) is 20.3. The van der Waals surface area contributed by atoms with Gasteiger partial charge in [0.05, 0.1) is 18.7 Å². The molecule has 0 spiro atoms. The van der Waals surface area contributed by atoms with Crippen LogP contribution in [0.2, 0.25) is 0 Å². The maximum absolute atomic E-state index is 12.6. The summed E-state index contributed by atoms with van der Waals surface area (Å²) < 4.78 is 12.6. The normalized spacial score (nSPS) is 14.4. The molecule has 1 fully saturated rings. The molecule has 1 saturated carbocycles. The zero-order valence-electron chi connectivity index (χ0n) is 25.8. The van der Waals surface area contributed by atoms with Crippen molar-refractivity contribution in [3.05, 3.63) is 95.2 Å². The second kappa shape index (κ2) is 14.1. The Hall–Kier alpha value is -4.08. The molecule has 0 radical (unpaired) electrons. The Labute approximate surface area is 263 Å². The molecular weight excluding hydrogens is 572 g/mol. The summed E-state index contributed by atoms with van der Waals surface area (Å²) in [6, 6.07) is 23.8. The molecule has 0 atom stereocenters. The van der Waals surface area contributed by atoms with Crippen LogP contribution in [0.4, 0.5) is 5.82 Å². The van der Waals surface area contributed by atoms with Gasteiger partial charge in [0.1, 0.15) is 17.3 Å². The largest absolute Gasteiger partial charge is 0.493 e. The number of aryl methyl sites for hydroxylation is 1. The number of amides is 1. The Balaban J connectivity index is 1.48. The fourth-order valence-corrected chi connectivity index (χ4v) is 6.31. The summed E-state index contributed by atoms with van der Waals surface area (Å²) in [7, 11) is 0. The van der Waals surface area contributed by atoms with Gasteiger partial charge in [0, 0.05) is 39.1 Å². The minimum absolute atomic E-state index is 0.184. The number of nitrogens with zero attached hydrogens (tertiary/aromatic N) is 4. The van der Waals surface area contributed by atoms with Crippen LogP contribution in [0.3, 0.4) is 0 Å². The summed E-state index contributed by atoms with van der Waals surface area (Å²) in [5.74, 6) is 2.41. The Bertz CT molecular complexity index is 1600. The summed E-state index contributed by atoms with van der Waals surface area (Å²) in [5, 5.41) is 14.9. The maximum Gasteiger partial charge on any atom is 0.215 e. The van der Waals surface area contributed by atoms with Gasteiger partial charge in [0.15, 0.2) is 0 Å². The molecular formula is C35H40N4O4S. The van der Waals surface area contributed by atoms with E-state index in [4.69, 9.17) is 14.3 Å². The number of aromatic nitrogens is 1. The van der Waals surface area contributed by atoms with Crippen LogP contribution in [0.25, 0.3) is 11.1 Å². The molecule has 8 nitrogen and oxygen atoms in total. The molecule has 9 heteroatoms. The van der Waals surface area contributed by atoms with Crippen molar-refractivity contribution in [2.24, 2.45) is 4.99 Å². The number of hydrogen-bond donors (Lipinski definition) is 1. The van der Waals surface area contributed by atoms with E-state index in [0.717, 1.165) is 87.6 Å². The summed E-state index contributed by atoms with van der Waals surface area (Å²) in [5.41, 5.74) is 4.23. The third-order valence-corrected chi connectivity index (χ3v) is 8.92. The van der Waals surface area contributed by atoms with Crippen molar-refractivity contribution in [3.8, 4) is 16.9 Å². The van der Waals surface area contributed by atoms with E-state index in [1.54, 1.807) is 4.90 Å². The first-order chi connectivity index (χ1) is 21.3.